The predicted octanol–water partition coefficient (Wildman–Crippen LogP) is 2.52. The summed E-state index contributed by atoms with van der Waals surface area (Å²) in [6.07, 6.45) is 0. The summed E-state index contributed by atoms with van der Waals surface area (Å²) in [5, 5.41) is 10.0. The molecule has 2 heteroatoms. The highest BCUT2D eigenvalue weighted by Gasteiger charge is 2.20. The van der Waals surface area contributed by atoms with Gasteiger partial charge in [0, 0.05) is 6.54 Å². The van der Waals surface area contributed by atoms with E-state index in [0.29, 0.717) is 0 Å². The summed E-state index contributed by atoms with van der Waals surface area (Å²) in [5.74, 6) is 0. The zero-order valence-electron chi connectivity index (χ0n) is 9.93. The summed E-state index contributed by atoms with van der Waals surface area (Å²) in [5.41, 5.74) is 7.75. The van der Waals surface area contributed by atoms with Gasteiger partial charge in [0.2, 0.25) is 0 Å². The highest BCUT2D eigenvalue weighted by atomic mass is 16.3. The first-order valence-electron chi connectivity index (χ1n) is 5.72. The molecule has 0 spiro atoms. The maximum atomic E-state index is 10.0. The van der Waals surface area contributed by atoms with E-state index in [1.807, 2.05) is 42.5 Å². The molecule has 0 radical (unpaired) electrons. The zero-order valence-corrected chi connectivity index (χ0v) is 9.93. The molecule has 3 N–H and O–H groups in total. The van der Waals surface area contributed by atoms with Gasteiger partial charge in [-0.15, -0.1) is 0 Å². The Bertz CT molecular complexity index is 474. The van der Waals surface area contributed by atoms with E-state index in [-0.39, 0.29) is 6.54 Å². The van der Waals surface area contributed by atoms with Crippen molar-refractivity contribution in [3.63, 3.8) is 0 Å². The van der Waals surface area contributed by atoms with Crippen molar-refractivity contribution < 1.29 is 5.11 Å². The van der Waals surface area contributed by atoms with Gasteiger partial charge >= 0.3 is 0 Å². The van der Waals surface area contributed by atoms with Gasteiger partial charge in [0.25, 0.3) is 0 Å². The van der Waals surface area contributed by atoms with Gasteiger partial charge in [0.05, 0.1) is 5.60 Å². The lowest BCUT2D eigenvalue weighted by Gasteiger charge is -2.21. The van der Waals surface area contributed by atoms with Gasteiger partial charge in [-0.05, 0) is 23.6 Å². The van der Waals surface area contributed by atoms with Gasteiger partial charge in [-0.2, -0.15) is 0 Å². The topological polar surface area (TPSA) is 46.2 Å². The molecule has 0 saturated heterocycles. The Labute approximate surface area is 102 Å². The fraction of sp³-hybridized carbons (Fsp3) is 0.200. The van der Waals surface area contributed by atoms with Crippen molar-refractivity contribution in [1.82, 2.24) is 0 Å². The molecule has 0 fully saturated rings. The smallest absolute Gasteiger partial charge is 0.0990 e. The number of benzene rings is 2. The van der Waals surface area contributed by atoms with E-state index in [4.69, 9.17) is 5.73 Å². The molecule has 0 bridgehead atoms. The predicted molar refractivity (Wildman–Crippen MR) is 70.5 cm³/mol. The lowest BCUT2D eigenvalue weighted by Crippen LogP contribution is -2.31. The fourth-order valence-electron chi connectivity index (χ4n) is 1.77. The molecule has 2 rings (SSSR count). The van der Waals surface area contributed by atoms with Crippen LogP contribution >= 0.6 is 0 Å². The molecule has 17 heavy (non-hydrogen) atoms. The van der Waals surface area contributed by atoms with Crippen LogP contribution in [0.3, 0.4) is 0 Å². The summed E-state index contributed by atoms with van der Waals surface area (Å²) in [6, 6.07) is 18.0. The second-order valence-corrected chi connectivity index (χ2v) is 4.42. The third kappa shape index (κ3) is 2.54. The van der Waals surface area contributed by atoms with Crippen LogP contribution in [-0.2, 0) is 5.60 Å². The van der Waals surface area contributed by atoms with E-state index in [0.717, 1.165) is 11.1 Å². The average Bonchev–Trinajstić information content (AvgIpc) is 2.40. The minimum absolute atomic E-state index is 0.220. The number of nitrogens with two attached hydrogens (primary N) is 1. The molecule has 0 unspecified atom stereocenters. The van der Waals surface area contributed by atoms with Gasteiger partial charge in [0.1, 0.15) is 0 Å². The second-order valence-electron chi connectivity index (χ2n) is 4.42. The summed E-state index contributed by atoms with van der Waals surface area (Å²) in [7, 11) is 0. The largest absolute Gasteiger partial charge is 0.384 e. The van der Waals surface area contributed by atoms with Crippen molar-refractivity contribution in [2.75, 3.05) is 6.54 Å². The summed E-state index contributed by atoms with van der Waals surface area (Å²) in [4.78, 5) is 0. The van der Waals surface area contributed by atoms with Crippen molar-refractivity contribution in [3.05, 3.63) is 60.2 Å². The van der Waals surface area contributed by atoms with E-state index < -0.39 is 5.60 Å². The molecule has 0 saturated carbocycles. The van der Waals surface area contributed by atoms with Crippen LogP contribution in [0.2, 0.25) is 0 Å². The van der Waals surface area contributed by atoms with E-state index in [1.165, 1.54) is 5.56 Å². The maximum Gasteiger partial charge on any atom is 0.0990 e. The van der Waals surface area contributed by atoms with Crippen molar-refractivity contribution in [2.24, 2.45) is 5.73 Å². The normalized spacial score (nSPS) is 14.3. The van der Waals surface area contributed by atoms with Gasteiger partial charge in [-0.3, -0.25) is 0 Å². The molecule has 2 aromatic carbocycles. The summed E-state index contributed by atoms with van der Waals surface area (Å²) < 4.78 is 0. The highest BCUT2D eigenvalue weighted by Crippen LogP contribution is 2.24. The first-order valence-corrected chi connectivity index (χ1v) is 5.72. The molecule has 0 aromatic heterocycles. The van der Waals surface area contributed by atoms with Crippen LogP contribution in [0, 0.1) is 0 Å². The minimum Gasteiger partial charge on any atom is -0.384 e. The molecular weight excluding hydrogens is 210 g/mol. The Morgan fingerprint density at radius 2 is 1.47 bits per heavy atom. The zero-order chi connectivity index (χ0) is 12.3. The number of hydrogen-bond donors (Lipinski definition) is 2. The van der Waals surface area contributed by atoms with E-state index in [9.17, 15) is 5.11 Å². The van der Waals surface area contributed by atoms with Crippen LogP contribution in [-0.4, -0.2) is 11.7 Å². The van der Waals surface area contributed by atoms with Crippen LogP contribution in [0.1, 0.15) is 12.5 Å². The first kappa shape index (κ1) is 11.8. The lowest BCUT2D eigenvalue weighted by molar-refractivity contribution is 0.0668. The van der Waals surface area contributed by atoms with Crippen LogP contribution < -0.4 is 5.73 Å². The van der Waals surface area contributed by atoms with Crippen molar-refractivity contribution in [1.29, 1.82) is 0 Å². The molecule has 1 atom stereocenters. The van der Waals surface area contributed by atoms with Crippen LogP contribution in [0.4, 0.5) is 0 Å². The van der Waals surface area contributed by atoms with Crippen molar-refractivity contribution >= 4 is 0 Å². The number of rotatable bonds is 3. The number of hydrogen-bond acceptors (Lipinski definition) is 2. The number of aliphatic hydroxyl groups is 1. The van der Waals surface area contributed by atoms with Crippen molar-refractivity contribution in [3.8, 4) is 11.1 Å². The van der Waals surface area contributed by atoms with Crippen LogP contribution in [0.15, 0.2) is 54.6 Å². The summed E-state index contributed by atoms with van der Waals surface area (Å²) >= 11 is 0. The van der Waals surface area contributed by atoms with E-state index in [1.54, 1.807) is 6.92 Å². The molecule has 88 valence electrons. The molecular formula is C15H17NO. The van der Waals surface area contributed by atoms with Crippen molar-refractivity contribution in [2.45, 2.75) is 12.5 Å². The third-order valence-electron chi connectivity index (χ3n) is 3.01. The Hall–Kier alpha value is -1.64. The van der Waals surface area contributed by atoms with E-state index >= 15 is 0 Å². The van der Waals surface area contributed by atoms with Crippen LogP contribution in [0.5, 0.6) is 0 Å². The average molecular weight is 227 g/mol. The first-order chi connectivity index (χ1) is 8.13. The molecule has 2 aromatic rings. The molecule has 0 amide bonds. The second kappa shape index (κ2) is 4.70. The van der Waals surface area contributed by atoms with Crippen LogP contribution in [0.25, 0.3) is 11.1 Å². The lowest BCUT2D eigenvalue weighted by atomic mass is 9.94. The molecule has 2 nitrogen and oxygen atoms in total. The van der Waals surface area contributed by atoms with E-state index in [2.05, 4.69) is 12.1 Å². The molecule has 0 aliphatic heterocycles. The Balaban J connectivity index is 2.31. The monoisotopic (exact) mass is 227 g/mol. The van der Waals surface area contributed by atoms with Gasteiger partial charge in [-0.25, -0.2) is 0 Å². The molecule has 0 heterocycles. The fourth-order valence-corrected chi connectivity index (χ4v) is 1.77. The Morgan fingerprint density at radius 1 is 0.941 bits per heavy atom. The van der Waals surface area contributed by atoms with Gasteiger partial charge in [-0.1, -0.05) is 54.6 Å². The quantitative estimate of drug-likeness (QED) is 0.846. The minimum atomic E-state index is -0.949. The Morgan fingerprint density at radius 3 is 2.00 bits per heavy atom. The molecule has 0 aliphatic rings. The highest BCUT2D eigenvalue weighted by molar-refractivity contribution is 5.63. The van der Waals surface area contributed by atoms with Gasteiger partial charge < -0.3 is 10.8 Å². The SMILES string of the molecule is C[C@](O)(CN)c1ccc(-c2ccccc2)cc1. The standard InChI is InChI=1S/C15H17NO/c1-15(17,11-16)14-9-7-13(8-10-14)12-5-3-2-4-6-12/h2-10,17H,11,16H2,1H3/t15-/m0/s1. The van der Waals surface area contributed by atoms with Gasteiger partial charge in [0.15, 0.2) is 0 Å². The Kier molecular flexibility index (Phi) is 3.27. The molecule has 0 aliphatic carbocycles. The third-order valence-corrected chi connectivity index (χ3v) is 3.01. The maximum absolute atomic E-state index is 10.0. The summed E-state index contributed by atoms with van der Waals surface area (Å²) in [6.45, 7) is 1.95.